The Hall–Kier alpha value is -1.42. The van der Waals surface area contributed by atoms with Gasteiger partial charge in [0, 0.05) is 19.3 Å². The SMILES string of the molecule is CCCNC(=O)CNCc1ccc(C)cn1. The Bertz CT molecular complexity index is 322. The molecule has 1 amide bonds. The summed E-state index contributed by atoms with van der Waals surface area (Å²) in [6.45, 7) is 5.74. The fourth-order valence-corrected chi connectivity index (χ4v) is 1.23. The first-order valence-corrected chi connectivity index (χ1v) is 5.61. The van der Waals surface area contributed by atoms with Crippen LogP contribution in [0.3, 0.4) is 0 Å². The van der Waals surface area contributed by atoms with E-state index in [-0.39, 0.29) is 5.91 Å². The van der Waals surface area contributed by atoms with E-state index in [1.165, 1.54) is 0 Å². The summed E-state index contributed by atoms with van der Waals surface area (Å²) in [4.78, 5) is 15.5. The molecule has 88 valence electrons. The van der Waals surface area contributed by atoms with Crippen molar-refractivity contribution in [2.24, 2.45) is 0 Å². The Labute approximate surface area is 96.5 Å². The van der Waals surface area contributed by atoms with E-state index in [4.69, 9.17) is 0 Å². The van der Waals surface area contributed by atoms with Gasteiger partial charge in [0.15, 0.2) is 0 Å². The molecule has 1 rings (SSSR count). The summed E-state index contributed by atoms with van der Waals surface area (Å²) in [6, 6.07) is 3.98. The van der Waals surface area contributed by atoms with Crippen LogP contribution in [0.2, 0.25) is 0 Å². The Morgan fingerprint density at radius 2 is 2.25 bits per heavy atom. The number of aryl methyl sites for hydroxylation is 1. The van der Waals surface area contributed by atoms with Gasteiger partial charge in [-0.15, -0.1) is 0 Å². The lowest BCUT2D eigenvalue weighted by Gasteiger charge is -2.05. The average molecular weight is 221 g/mol. The van der Waals surface area contributed by atoms with Crippen molar-refractivity contribution in [3.8, 4) is 0 Å². The number of nitrogens with zero attached hydrogens (tertiary/aromatic N) is 1. The third kappa shape index (κ3) is 4.89. The van der Waals surface area contributed by atoms with Crippen molar-refractivity contribution < 1.29 is 4.79 Å². The minimum Gasteiger partial charge on any atom is -0.355 e. The zero-order chi connectivity index (χ0) is 11.8. The van der Waals surface area contributed by atoms with Crippen LogP contribution in [0.15, 0.2) is 18.3 Å². The maximum Gasteiger partial charge on any atom is 0.233 e. The molecule has 0 saturated carbocycles. The number of nitrogens with one attached hydrogen (secondary N) is 2. The standard InChI is InChI=1S/C12H19N3O/c1-3-6-14-12(16)9-13-8-11-5-4-10(2)7-15-11/h4-5,7,13H,3,6,8-9H2,1-2H3,(H,14,16). The van der Waals surface area contributed by atoms with Crippen LogP contribution in [0.5, 0.6) is 0 Å². The third-order valence-electron chi connectivity index (χ3n) is 2.14. The number of carbonyl (C=O) groups excluding carboxylic acids is 1. The molecule has 0 aliphatic heterocycles. The molecule has 0 saturated heterocycles. The molecule has 1 heterocycles. The molecule has 1 aromatic rings. The molecule has 2 N–H and O–H groups in total. The van der Waals surface area contributed by atoms with Crippen molar-refractivity contribution in [2.45, 2.75) is 26.8 Å². The number of pyridine rings is 1. The van der Waals surface area contributed by atoms with Crippen LogP contribution in [0.1, 0.15) is 24.6 Å². The molecule has 0 spiro atoms. The Morgan fingerprint density at radius 3 is 2.88 bits per heavy atom. The van der Waals surface area contributed by atoms with Crippen LogP contribution >= 0.6 is 0 Å². The van der Waals surface area contributed by atoms with E-state index in [2.05, 4.69) is 15.6 Å². The van der Waals surface area contributed by atoms with E-state index in [0.29, 0.717) is 13.1 Å². The second kappa shape index (κ2) is 6.95. The van der Waals surface area contributed by atoms with Crippen molar-refractivity contribution >= 4 is 5.91 Å². The number of rotatable bonds is 6. The summed E-state index contributed by atoms with van der Waals surface area (Å²) in [5.41, 5.74) is 2.10. The second-order valence-corrected chi connectivity index (χ2v) is 3.78. The molecule has 0 fully saturated rings. The van der Waals surface area contributed by atoms with Gasteiger partial charge < -0.3 is 10.6 Å². The van der Waals surface area contributed by atoms with Crippen LogP contribution in [-0.2, 0) is 11.3 Å². The first kappa shape index (κ1) is 12.6. The summed E-state index contributed by atoms with van der Waals surface area (Å²) >= 11 is 0. The van der Waals surface area contributed by atoms with Gasteiger partial charge in [-0.3, -0.25) is 9.78 Å². The molecule has 4 nitrogen and oxygen atoms in total. The van der Waals surface area contributed by atoms with E-state index in [0.717, 1.165) is 24.2 Å². The quantitative estimate of drug-likeness (QED) is 0.753. The highest BCUT2D eigenvalue weighted by molar-refractivity contribution is 5.77. The molecule has 0 aliphatic rings. The highest BCUT2D eigenvalue weighted by Gasteiger charge is 1.99. The molecule has 16 heavy (non-hydrogen) atoms. The van der Waals surface area contributed by atoms with Gasteiger partial charge in [-0.2, -0.15) is 0 Å². The van der Waals surface area contributed by atoms with Gasteiger partial charge in [-0.25, -0.2) is 0 Å². The second-order valence-electron chi connectivity index (χ2n) is 3.78. The summed E-state index contributed by atoms with van der Waals surface area (Å²) in [6.07, 6.45) is 2.79. The van der Waals surface area contributed by atoms with E-state index >= 15 is 0 Å². The highest BCUT2D eigenvalue weighted by Crippen LogP contribution is 1.97. The fourth-order valence-electron chi connectivity index (χ4n) is 1.23. The molecule has 0 aliphatic carbocycles. The molecule has 0 bridgehead atoms. The summed E-state index contributed by atoms with van der Waals surface area (Å²) in [7, 11) is 0. The van der Waals surface area contributed by atoms with E-state index in [1.807, 2.05) is 32.2 Å². The lowest BCUT2D eigenvalue weighted by Crippen LogP contribution is -2.34. The summed E-state index contributed by atoms with van der Waals surface area (Å²) in [5, 5.41) is 5.86. The van der Waals surface area contributed by atoms with Crippen LogP contribution < -0.4 is 10.6 Å². The molecule has 0 aromatic carbocycles. The third-order valence-corrected chi connectivity index (χ3v) is 2.14. The van der Waals surface area contributed by atoms with Gasteiger partial charge in [0.25, 0.3) is 0 Å². The lowest BCUT2D eigenvalue weighted by molar-refractivity contribution is -0.120. The largest absolute Gasteiger partial charge is 0.355 e. The highest BCUT2D eigenvalue weighted by atomic mass is 16.1. The summed E-state index contributed by atoms with van der Waals surface area (Å²) < 4.78 is 0. The number of hydrogen-bond donors (Lipinski definition) is 2. The molecule has 0 atom stereocenters. The van der Waals surface area contributed by atoms with Crippen molar-refractivity contribution in [3.63, 3.8) is 0 Å². The van der Waals surface area contributed by atoms with Gasteiger partial charge in [-0.05, 0) is 25.0 Å². The van der Waals surface area contributed by atoms with Gasteiger partial charge in [0.05, 0.1) is 12.2 Å². The van der Waals surface area contributed by atoms with Gasteiger partial charge in [0.1, 0.15) is 0 Å². The minimum absolute atomic E-state index is 0.0361. The Kier molecular flexibility index (Phi) is 5.50. The van der Waals surface area contributed by atoms with Crippen molar-refractivity contribution in [1.29, 1.82) is 0 Å². The molecular weight excluding hydrogens is 202 g/mol. The van der Waals surface area contributed by atoms with E-state index in [1.54, 1.807) is 0 Å². The number of amides is 1. The number of carbonyl (C=O) groups is 1. The molecule has 0 radical (unpaired) electrons. The molecular formula is C12H19N3O. The number of aromatic nitrogens is 1. The monoisotopic (exact) mass is 221 g/mol. The zero-order valence-corrected chi connectivity index (χ0v) is 9.92. The predicted molar refractivity (Wildman–Crippen MR) is 64.0 cm³/mol. The topological polar surface area (TPSA) is 54.0 Å². The van der Waals surface area contributed by atoms with Gasteiger partial charge >= 0.3 is 0 Å². The van der Waals surface area contributed by atoms with Gasteiger partial charge in [-0.1, -0.05) is 13.0 Å². The number of hydrogen-bond acceptors (Lipinski definition) is 3. The van der Waals surface area contributed by atoms with Crippen LogP contribution in [0.4, 0.5) is 0 Å². The van der Waals surface area contributed by atoms with Crippen molar-refractivity contribution in [1.82, 2.24) is 15.6 Å². The van der Waals surface area contributed by atoms with E-state index < -0.39 is 0 Å². The molecule has 4 heteroatoms. The van der Waals surface area contributed by atoms with E-state index in [9.17, 15) is 4.79 Å². The Balaban J connectivity index is 2.20. The fraction of sp³-hybridized carbons (Fsp3) is 0.500. The zero-order valence-electron chi connectivity index (χ0n) is 9.92. The minimum atomic E-state index is 0.0361. The Morgan fingerprint density at radius 1 is 1.44 bits per heavy atom. The van der Waals surface area contributed by atoms with Crippen molar-refractivity contribution in [3.05, 3.63) is 29.6 Å². The maximum atomic E-state index is 11.3. The molecule has 1 aromatic heterocycles. The molecule has 0 unspecified atom stereocenters. The predicted octanol–water partition coefficient (Wildman–Crippen LogP) is 1.01. The summed E-state index contributed by atoms with van der Waals surface area (Å²) in [5.74, 6) is 0.0361. The van der Waals surface area contributed by atoms with Crippen LogP contribution in [-0.4, -0.2) is 24.0 Å². The van der Waals surface area contributed by atoms with Crippen LogP contribution in [0.25, 0.3) is 0 Å². The average Bonchev–Trinajstić information content (AvgIpc) is 2.29. The van der Waals surface area contributed by atoms with Crippen LogP contribution in [0, 0.1) is 6.92 Å². The first-order chi connectivity index (χ1) is 7.72. The van der Waals surface area contributed by atoms with Crippen molar-refractivity contribution in [2.75, 3.05) is 13.1 Å². The van der Waals surface area contributed by atoms with Gasteiger partial charge in [0.2, 0.25) is 5.91 Å². The normalized spacial score (nSPS) is 10.1. The first-order valence-electron chi connectivity index (χ1n) is 5.61. The lowest BCUT2D eigenvalue weighted by atomic mass is 10.3. The smallest absolute Gasteiger partial charge is 0.233 e. The maximum absolute atomic E-state index is 11.3.